The number of nitrogens with one attached hydrogen (secondary N) is 1. The Kier molecular flexibility index (Phi) is 13.2. The number of benzene rings is 1. The fourth-order valence-corrected chi connectivity index (χ4v) is 5.96. The number of hydrogen-bond donors (Lipinski definition) is 2. The smallest absolute Gasteiger partial charge is 0.410 e. The first-order valence-corrected chi connectivity index (χ1v) is 16.9. The minimum atomic E-state index is -0.806. The van der Waals surface area contributed by atoms with E-state index in [-0.39, 0.29) is 49.4 Å². The zero-order chi connectivity index (χ0) is 34.8. The summed E-state index contributed by atoms with van der Waals surface area (Å²) in [4.78, 5) is 42.4. The van der Waals surface area contributed by atoms with Crippen LogP contribution in [0.3, 0.4) is 0 Å². The summed E-state index contributed by atoms with van der Waals surface area (Å²) in [5, 5.41) is 17.3. The van der Waals surface area contributed by atoms with Crippen LogP contribution in [0.1, 0.15) is 76.8 Å². The Morgan fingerprint density at radius 3 is 2.46 bits per heavy atom. The standard InChI is InChI=1S/C35H52N4O9/c1-23(2)31(30-19-24(3)37-48-30)33(42)39-22-26(40)20-28(39)32(41)36-21-25-9-7-8-10-29(25)46-18-16-44-15-17-45-27-11-13-38(14-12-27)34(43)47-35(4,5)6/h7-10,19,23,26-28,31,40H,11-18,20-22H2,1-6H3,(H,36,41)/t26-,28+,31?/m1/s1. The number of carbonyl (C=O) groups is 3. The molecule has 2 aliphatic rings. The minimum Gasteiger partial charge on any atom is -0.491 e. The quantitative estimate of drug-likeness (QED) is 0.284. The molecular weight excluding hydrogens is 620 g/mol. The third-order valence-electron chi connectivity index (χ3n) is 8.34. The number of aryl methyl sites for hydroxylation is 1. The van der Waals surface area contributed by atoms with Gasteiger partial charge in [0, 0.05) is 44.2 Å². The molecule has 0 radical (unpaired) electrons. The van der Waals surface area contributed by atoms with Gasteiger partial charge < -0.3 is 43.7 Å². The van der Waals surface area contributed by atoms with Crippen molar-refractivity contribution in [2.45, 2.75) is 97.1 Å². The summed E-state index contributed by atoms with van der Waals surface area (Å²) in [6.45, 7) is 14.2. The zero-order valence-electron chi connectivity index (χ0n) is 29.1. The van der Waals surface area contributed by atoms with Gasteiger partial charge >= 0.3 is 6.09 Å². The fraction of sp³-hybridized carbons (Fsp3) is 0.657. The number of hydrogen-bond acceptors (Lipinski definition) is 10. The number of aliphatic hydroxyl groups excluding tert-OH is 1. The first kappa shape index (κ1) is 37.1. The molecule has 1 aromatic carbocycles. The molecule has 2 aliphatic heterocycles. The van der Waals surface area contributed by atoms with E-state index in [0.717, 1.165) is 18.4 Å². The highest BCUT2D eigenvalue weighted by Gasteiger charge is 2.43. The van der Waals surface area contributed by atoms with E-state index in [1.54, 1.807) is 17.9 Å². The van der Waals surface area contributed by atoms with Crippen molar-refractivity contribution < 1.29 is 43.0 Å². The van der Waals surface area contributed by atoms with E-state index in [1.165, 1.54) is 4.90 Å². The molecule has 2 N–H and O–H groups in total. The lowest BCUT2D eigenvalue weighted by Gasteiger charge is -2.33. The highest BCUT2D eigenvalue weighted by molar-refractivity contribution is 5.91. The van der Waals surface area contributed by atoms with Crippen LogP contribution in [0.25, 0.3) is 0 Å². The van der Waals surface area contributed by atoms with Crippen molar-refractivity contribution in [1.82, 2.24) is 20.3 Å². The number of β-amino-alcohol motifs (C(OH)–C–C–N with tert-alkyl or cyclic N) is 1. The van der Waals surface area contributed by atoms with E-state index >= 15 is 0 Å². The number of para-hydroxylation sites is 1. The maximum atomic E-state index is 13.6. The first-order valence-electron chi connectivity index (χ1n) is 16.9. The van der Waals surface area contributed by atoms with E-state index in [1.807, 2.05) is 58.9 Å². The number of aliphatic hydroxyl groups is 1. The molecule has 13 nitrogen and oxygen atoms in total. The molecule has 2 saturated heterocycles. The molecule has 4 rings (SSSR count). The Balaban J connectivity index is 1.17. The van der Waals surface area contributed by atoms with Crippen molar-refractivity contribution in [2.75, 3.05) is 46.1 Å². The number of piperidine rings is 1. The van der Waals surface area contributed by atoms with Gasteiger partial charge in [-0.1, -0.05) is 37.2 Å². The maximum Gasteiger partial charge on any atom is 0.410 e. The van der Waals surface area contributed by atoms with Crippen LogP contribution in [0.2, 0.25) is 0 Å². The van der Waals surface area contributed by atoms with Crippen LogP contribution in [0.4, 0.5) is 4.79 Å². The summed E-state index contributed by atoms with van der Waals surface area (Å²) < 4.78 is 28.5. The van der Waals surface area contributed by atoms with Gasteiger partial charge in [0.15, 0.2) is 0 Å². The molecule has 48 heavy (non-hydrogen) atoms. The van der Waals surface area contributed by atoms with Gasteiger partial charge in [0.2, 0.25) is 11.8 Å². The predicted octanol–water partition coefficient (Wildman–Crippen LogP) is 3.81. The summed E-state index contributed by atoms with van der Waals surface area (Å²) >= 11 is 0. The summed E-state index contributed by atoms with van der Waals surface area (Å²) in [6.07, 6.45) is 0.667. The summed E-state index contributed by atoms with van der Waals surface area (Å²) in [7, 11) is 0. The van der Waals surface area contributed by atoms with Crippen molar-refractivity contribution in [3.63, 3.8) is 0 Å². The Morgan fingerprint density at radius 1 is 1.08 bits per heavy atom. The van der Waals surface area contributed by atoms with Gasteiger partial charge in [0.05, 0.1) is 37.7 Å². The summed E-state index contributed by atoms with van der Waals surface area (Å²) in [6, 6.07) is 8.35. The third-order valence-corrected chi connectivity index (χ3v) is 8.34. The van der Waals surface area contributed by atoms with Crippen LogP contribution in [-0.2, 0) is 30.3 Å². The Morgan fingerprint density at radius 2 is 1.79 bits per heavy atom. The second-order valence-electron chi connectivity index (χ2n) is 13.8. The Bertz CT molecular complexity index is 1350. The molecule has 266 valence electrons. The highest BCUT2D eigenvalue weighted by atomic mass is 16.6. The molecule has 3 atom stereocenters. The molecule has 13 heteroatoms. The predicted molar refractivity (Wildman–Crippen MR) is 176 cm³/mol. The van der Waals surface area contributed by atoms with Crippen LogP contribution in [0.15, 0.2) is 34.9 Å². The zero-order valence-corrected chi connectivity index (χ0v) is 29.1. The van der Waals surface area contributed by atoms with E-state index in [4.69, 9.17) is 23.5 Å². The van der Waals surface area contributed by atoms with Gasteiger partial charge in [-0.2, -0.15) is 0 Å². The average molecular weight is 673 g/mol. The van der Waals surface area contributed by atoms with Gasteiger partial charge in [0.1, 0.15) is 35.7 Å². The van der Waals surface area contributed by atoms with Crippen molar-refractivity contribution in [3.05, 3.63) is 47.3 Å². The van der Waals surface area contributed by atoms with E-state index in [9.17, 15) is 19.5 Å². The summed E-state index contributed by atoms with van der Waals surface area (Å²) in [5.74, 6) is -0.246. The Hall–Kier alpha value is -3.68. The van der Waals surface area contributed by atoms with Crippen molar-refractivity contribution >= 4 is 17.9 Å². The lowest BCUT2D eigenvalue weighted by molar-refractivity contribution is -0.141. The number of ether oxygens (including phenoxy) is 4. The molecule has 0 spiro atoms. The molecule has 3 heterocycles. The molecule has 2 aromatic rings. The molecule has 0 saturated carbocycles. The summed E-state index contributed by atoms with van der Waals surface area (Å²) in [5.41, 5.74) is 0.943. The number of carbonyl (C=O) groups excluding carboxylic acids is 3. The van der Waals surface area contributed by atoms with Gasteiger partial charge in [-0.3, -0.25) is 9.59 Å². The molecular formula is C35H52N4O9. The lowest BCUT2D eigenvalue weighted by atomic mass is 9.91. The van der Waals surface area contributed by atoms with Gasteiger partial charge in [0.25, 0.3) is 0 Å². The number of likely N-dealkylation sites (tertiary alicyclic amines) is 2. The molecule has 3 amide bonds. The van der Waals surface area contributed by atoms with Gasteiger partial charge in [-0.25, -0.2) is 4.79 Å². The highest BCUT2D eigenvalue weighted by Crippen LogP contribution is 2.31. The third kappa shape index (κ3) is 10.7. The Labute approximate surface area is 283 Å². The lowest BCUT2D eigenvalue weighted by Crippen LogP contribution is -2.48. The van der Waals surface area contributed by atoms with Crippen LogP contribution in [0.5, 0.6) is 5.75 Å². The van der Waals surface area contributed by atoms with Crippen molar-refractivity contribution in [1.29, 1.82) is 0 Å². The minimum absolute atomic E-state index is 0.0748. The average Bonchev–Trinajstić information content (AvgIpc) is 3.64. The van der Waals surface area contributed by atoms with Crippen LogP contribution >= 0.6 is 0 Å². The second-order valence-corrected chi connectivity index (χ2v) is 13.8. The van der Waals surface area contributed by atoms with Crippen molar-refractivity contribution in [2.24, 2.45) is 5.92 Å². The number of aromatic nitrogens is 1. The molecule has 1 unspecified atom stereocenters. The molecule has 0 aliphatic carbocycles. The molecule has 2 fully saturated rings. The fourth-order valence-electron chi connectivity index (χ4n) is 5.96. The largest absolute Gasteiger partial charge is 0.491 e. The van der Waals surface area contributed by atoms with Crippen LogP contribution in [-0.4, -0.2) is 108 Å². The van der Waals surface area contributed by atoms with Crippen LogP contribution in [0, 0.1) is 12.8 Å². The van der Waals surface area contributed by atoms with Gasteiger partial charge in [-0.15, -0.1) is 0 Å². The number of nitrogens with zero attached hydrogens (tertiary/aromatic N) is 3. The second kappa shape index (κ2) is 17.1. The monoisotopic (exact) mass is 672 g/mol. The van der Waals surface area contributed by atoms with E-state index in [0.29, 0.717) is 56.7 Å². The first-order chi connectivity index (χ1) is 22.8. The normalized spacial score (nSPS) is 19.4. The van der Waals surface area contributed by atoms with Gasteiger partial charge in [-0.05, 0) is 52.5 Å². The van der Waals surface area contributed by atoms with E-state index in [2.05, 4.69) is 10.5 Å². The number of rotatable bonds is 14. The van der Waals surface area contributed by atoms with Crippen molar-refractivity contribution in [3.8, 4) is 5.75 Å². The van der Waals surface area contributed by atoms with Crippen LogP contribution < -0.4 is 10.1 Å². The SMILES string of the molecule is Cc1cc(C(C(=O)N2C[C@H](O)C[C@H]2C(=O)NCc2ccccc2OCCOCCOC2CCN(C(=O)OC(C)(C)C)CC2)C(C)C)on1. The topological polar surface area (TPSA) is 153 Å². The van der Waals surface area contributed by atoms with E-state index < -0.39 is 23.7 Å². The number of amides is 3. The molecule has 1 aromatic heterocycles. The molecule has 0 bridgehead atoms. The maximum absolute atomic E-state index is 13.6.